The fourth-order valence-electron chi connectivity index (χ4n) is 4.85. The lowest BCUT2D eigenvalue weighted by Crippen LogP contribution is -2.16. The van der Waals surface area contributed by atoms with Gasteiger partial charge >= 0.3 is 0 Å². The fourth-order valence-corrected chi connectivity index (χ4v) is 4.85. The van der Waals surface area contributed by atoms with Crippen molar-refractivity contribution in [1.29, 1.82) is 0 Å². The molecule has 2 N–H and O–H groups in total. The van der Waals surface area contributed by atoms with Gasteiger partial charge in [-0.25, -0.2) is 0 Å². The monoisotopic (exact) mass is 1010 g/mol. The molecule has 0 aromatic carbocycles. The van der Waals surface area contributed by atoms with E-state index in [2.05, 4.69) is 0 Å². The Morgan fingerprint density at radius 1 is 0.145 bits per heavy atom. The van der Waals surface area contributed by atoms with Gasteiger partial charge in [-0.05, 0) is 6.92 Å². The summed E-state index contributed by atoms with van der Waals surface area (Å²) in [4.78, 5) is 0. The Hall–Kier alpha value is -0.920. The molecule has 0 fully saturated rings. The molecule has 0 aromatic heterocycles. The van der Waals surface area contributed by atoms with E-state index >= 15 is 0 Å². The molecule has 0 radical (unpaired) electrons. The number of hydrogen-bond acceptors (Lipinski definition) is 23. The van der Waals surface area contributed by atoms with E-state index in [-0.39, 0.29) is 0 Å². The maximum atomic E-state index is 5.52. The number of ether oxygens (including phenoxy) is 22. The molecule has 0 spiro atoms. The quantitative estimate of drug-likeness (QED) is 0.0810. The SMILES string of the molecule is CCOCCOCCOCCOCCOCCOCCOCCOCCOCCOCCOCCOCCOCCOCCOCCOCCOCCOCCOCCOCCOCCOCCN. The predicted molar refractivity (Wildman–Crippen MR) is 253 cm³/mol. The Morgan fingerprint density at radius 2 is 0.232 bits per heavy atom. The average Bonchev–Trinajstić information content (AvgIpc) is 3.36. The number of nitrogens with two attached hydrogens (primary N) is 1. The van der Waals surface area contributed by atoms with E-state index in [9.17, 15) is 0 Å². The van der Waals surface area contributed by atoms with E-state index in [1.165, 1.54) is 0 Å². The molecule has 0 amide bonds. The topological polar surface area (TPSA) is 229 Å². The lowest BCUT2D eigenvalue weighted by Gasteiger charge is -2.09. The maximum absolute atomic E-state index is 5.52. The Bertz CT molecular complexity index is 816. The van der Waals surface area contributed by atoms with Crippen LogP contribution in [-0.4, -0.2) is 297 Å². The van der Waals surface area contributed by atoms with E-state index in [0.29, 0.717) is 297 Å². The highest BCUT2D eigenvalue weighted by molar-refractivity contribution is 4.42. The van der Waals surface area contributed by atoms with Gasteiger partial charge in [0.1, 0.15) is 0 Å². The fraction of sp³-hybridized carbons (Fsp3) is 1.00. The second-order valence-corrected chi connectivity index (χ2v) is 13.8. The first-order valence-electron chi connectivity index (χ1n) is 24.8. The Balaban J connectivity index is 3.07. The second-order valence-electron chi connectivity index (χ2n) is 13.8. The molecule has 23 heteroatoms. The zero-order valence-corrected chi connectivity index (χ0v) is 42.4. The zero-order valence-electron chi connectivity index (χ0n) is 42.4. The van der Waals surface area contributed by atoms with Crippen LogP contribution in [0.4, 0.5) is 0 Å². The second kappa shape index (κ2) is 67.1. The lowest BCUT2D eigenvalue weighted by atomic mass is 10.6. The molecule has 0 aliphatic rings. The van der Waals surface area contributed by atoms with Gasteiger partial charge < -0.3 is 110 Å². The molecule has 0 aromatic rings. The molecule has 0 heterocycles. The van der Waals surface area contributed by atoms with Crippen LogP contribution in [0.1, 0.15) is 6.92 Å². The summed E-state index contributed by atoms with van der Waals surface area (Å²) >= 11 is 0. The maximum Gasteiger partial charge on any atom is 0.0701 e. The summed E-state index contributed by atoms with van der Waals surface area (Å²) in [7, 11) is 0. The van der Waals surface area contributed by atoms with E-state index in [1.54, 1.807) is 0 Å². The van der Waals surface area contributed by atoms with Gasteiger partial charge in [-0.3, -0.25) is 0 Å². The minimum absolute atomic E-state index is 0.490. The molecular weight excluding hydrogens is 918 g/mol. The molecule has 0 atom stereocenters. The smallest absolute Gasteiger partial charge is 0.0701 e. The molecule has 0 aliphatic carbocycles. The standard InChI is InChI=1S/C46H95NO22/c1-2-48-5-6-50-9-10-52-13-14-54-17-18-56-21-22-58-25-26-60-29-30-62-33-34-64-37-38-66-41-42-68-45-46-69-44-43-67-40-39-65-36-35-63-32-31-61-28-27-59-24-23-57-20-19-55-16-15-53-12-11-51-8-7-49-4-3-47/h2-47H2,1H3. The van der Waals surface area contributed by atoms with Crippen molar-refractivity contribution < 1.29 is 104 Å². The van der Waals surface area contributed by atoms with E-state index in [1.807, 2.05) is 6.92 Å². The largest absolute Gasteiger partial charge is 0.379 e. The summed E-state index contributed by atoms with van der Waals surface area (Å²) in [6.45, 7) is 25.1. The van der Waals surface area contributed by atoms with Crippen molar-refractivity contribution >= 4 is 0 Å². The first kappa shape index (κ1) is 68.1. The minimum Gasteiger partial charge on any atom is -0.379 e. The van der Waals surface area contributed by atoms with E-state index in [4.69, 9.17) is 110 Å². The highest BCUT2D eigenvalue weighted by atomic mass is 16.6. The normalized spacial score (nSPS) is 11.7. The van der Waals surface area contributed by atoms with E-state index in [0.717, 1.165) is 0 Å². The summed E-state index contributed by atoms with van der Waals surface area (Å²) < 4.78 is 120. The molecule has 0 unspecified atom stereocenters. The summed E-state index contributed by atoms with van der Waals surface area (Å²) in [5, 5.41) is 0. The Labute approximate surface area is 413 Å². The number of rotatable bonds is 66. The van der Waals surface area contributed by atoms with Crippen LogP contribution >= 0.6 is 0 Å². The molecular formula is C46H95NO22. The van der Waals surface area contributed by atoms with Crippen LogP contribution in [0.5, 0.6) is 0 Å². The third kappa shape index (κ3) is 67.1. The van der Waals surface area contributed by atoms with Crippen LogP contribution in [0.25, 0.3) is 0 Å². The molecule has 0 rings (SSSR count). The third-order valence-corrected chi connectivity index (χ3v) is 8.28. The molecule has 0 bridgehead atoms. The van der Waals surface area contributed by atoms with Crippen LogP contribution in [0.3, 0.4) is 0 Å². The van der Waals surface area contributed by atoms with Crippen molar-refractivity contribution in [2.24, 2.45) is 5.73 Å². The van der Waals surface area contributed by atoms with Gasteiger partial charge in [-0.15, -0.1) is 0 Å². The van der Waals surface area contributed by atoms with Crippen LogP contribution < -0.4 is 5.73 Å². The molecule has 416 valence electrons. The summed E-state index contributed by atoms with van der Waals surface area (Å²) in [6.07, 6.45) is 0. The van der Waals surface area contributed by atoms with Crippen molar-refractivity contribution in [1.82, 2.24) is 0 Å². The van der Waals surface area contributed by atoms with Crippen LogP contribution in [-0.2, 0) is 104 Å². The van der Waals surface area contributed by atoms with E-state index < -0.39 is 0 Å². The summed E-state index contributed by atoms with van der Waals surface area (Å²) in [5.41, 5.74) is 5.34. The van der Waals surface area contributed by atoms with Crippen LogP contribution in [0.2, 0.25) is 0 Å². The van der Waals surface area contributed by atoms with Gasteiger partial charge in [-0.1, -0.05) is 0 Å². The van der Waals surface area contributed by atoms with Gasteiger partial charge in [0.15, 0.2) is 0 Å². The first-order valence-corrected chi connectivity index (χ1v) is 24.8. The predicted octanol–water partition coefficient (Wildman–Crippen LogP) is 0.330. The Morgan fingerprint density at radius 3 is 0.319 bits per heavy atom. The zero-order chi connectivity index (χ0) is 49.4. The average molecular weight is 1010 g/mol. The number of hydrogen-bond donors (Lipinski definition) is 1. The van der Waals surface area contributed by atoms with Gasteiger partial charge in [0.05, 0.1) is 284 Å². The summed E-state index contributed by atoms with van der Waals surface area (Å²) in [6, 6.07) is 0. The third-order valence-electron chi connectivity index (χ3n) is 8.28. The van der Waals surface area contributed by atoms with Gasteiger partial charge in [-0.2, -0.15) is 0 Å². The molecule has 23 nitrogen and oxygen atoms in total. The minimum atomic E-state index is 0.490. The molecule has 0 aliphatic heterocycles. The van der Waals surface area contributed by atoms with Gasteiger partial charge in [0.25, 0.3) is 0 Å². The molecule has 69 heavy (non-hydrogen) atoms. The highest BCUT2D eigenvalue weighted by Gasteiger charge is 1.99. The van der Waals surface area contributed by atoms with Crippen molar-refractivity contribution in [3.8, 4) is 0 Å². The molecule has 0 saturated heterocycles. The van der Waals surface area contributed by atoms with Crippen LogP contribution in [0, 0.1) is 0 Å². The molecule has 0 saturated carbocycles. The van der Waals surface area contributed by atoms with Gasteiger partial charge in [0, 0.05) is 13.2 Å². The Kier molecular flexibility index (Phi) is 66.2. The highest BCUT2D eigenvalue weighted by Crippen LogP contribution is 1.90. The van der Waals surface area contributed by atoms with Crippen LogP contribution in [0.15, 0.2) is 0 Å². The van der Waals surface area contributed by atoms with Gasteiger partial charge in [0.2, 0.25) is 0 Å². The van der Waals surface area contributed by atoms with Crippen molar-refractivity contribution in [3.05, 3.63) is 0 Å². The summed E-state index contributed by atoms with van der Waals surface area (Å²) in [5.74, 6) is 0. The lowest BCUT2D eigenvalue weighted by molar-refractivity contribution is -0.0317. The first-order chi connectivity index (χ1) is 34.4. The van der Waals surface area contributed by atoms with Crippen molar-refractivity contribution in [3.63, 3.8) is 0 Å². The van der Waals surface area contributed by atoms with Crippen molar-refractivity contribution in [2.45, 2.75) is 6.92 Å². The van der Waals surface area contributed by atoms with Crippen molar-refractivity contribution in [2.75, 3.05) is 297 Å².